The van der Waals surface area contributed by atoms with E-state index in [1.54, 1.807) is 0 Å². The molecule has 0 fully saturated rings. The van der Waals surface area contributed by atoms with Crippen LogP contribution in [0.4, 0.5) is 0 Å². The van der Waals surface area contributed by atoms with Crippen LogP contribution in [0.5, 0.6) is 0 Å². The highest BCUT2D eigenvalue weighted by molar-refractivity contribution is 7.86. The SMILES string of the molecule is CC(C)CC(CO)N(CCO)CC(O)S(=O)(=O)[O-]. The molecule has 2 unspecified atom stereocenters. The number of aliphatic hydroxyl groups excluding tert-OH is 3. The molecule has 0 rings (SSSR count). The monoisotopic (exact) mass is 284 g/mol. The van der Waals surface area contributed by atoms with E-state index >= 15 is 0 Å². The van der Waals surface area contributed by atoms with Crippen LogP contribution in [-0.2, 0) is 10.1 Å². The van der Waals surface area contributed by atoms with Gasteiger partial charge in [-0.15, -0.1) is 0 Å². The highest BCUT2D eigenvalue weighted by atomic mass is 32.2. The molecule has 0 radical (unpaired) electrons. The summed E-state index contributed by atoms with van der Waals surface area (Å²) in [5, 5.41) is 27.4. The maximum absolute atomic E-state index is 10.6. The zero-order valence-corrected chi connectivity index (χ0v) is 11.5. The highest BCUT2D eigenvalue weighted by Gasteiger charge is 2.23. The fraction of sp³-hybridized carbons (Fsp3) is 1.00. The van der Waals surface area contributed by atoms with Crippen LogP contribution < -0.4 is 0 Å². The van der Waals surface area contributed by atoms with Crippen molar-refractivity contribution in [2.24, 2.45) is 5.92 Å². The Hall–Kier alpha value is -0.250. The lowest BCUT2D eigenvalue weighted by Crippen LogP contribution is -2.46. The Morgan fingerprint density at radius 1 is 1.28 bits per heavy atom. The van der Waals surface area contributed by atoms with Crippen molar-refractivity contribution < 1.29 is 28.3 Å². The molecule has 3 N–H and O–H groups in total. The number of rotatable bonds is 9. The van der Waals surface area contributed by atoms with E-state index in [9.17, 15) is 23.2 Å². The van der Waals surface area contributed by atoms with Gasteiger partial charge in [0.2, 0.25) is 0 Å². The van der Waals surface area contributed by atoms with Crippen LogP contribution in [0.2, 0.25) is 0 Å². The average molecular weight is 284 g/mol. The zero-order chi connectivity index (χ0) is 14.3. The summed E-state index contributed by atoms with van der Waals surface area (Å²) in [6.07, 6.45) is 0.572. The summed E-state index contributed by atoms with van der Waals surface area (Å²) in [7, 11) is -4.79. The molecule has 0 saturated carbocycles. The molecular weight excluding hydrogens is 262 g/mol. The van der Waals surface area contributed by atoms with Gasteiger partial charge in [-0.1, -0.05) is 13.8 Å². The number of hydrogen-bond acceptors (Lipinski definition) is 7. The van der Waals surface area contributed by atoms with Crippen LogP contribution in [0, 0.1) is 5.92 Å². The second-order valence-corrected chi connectivity index (χ2v) is 6.16. The molecule has 2 atom stereocenters. The van der Waals surface area contributed by atoms with Gasteiger partial charge in [0.05, 0.1) is 13.2 Å². The third-order valence-corrected chi connectivity index (χ3v) is 3.40. The molecule has 0 aliphatic carbocycles. The minimum absolute atomic E-state index is 0.0878. The largest absolute Gasteiger partial charge is 0.746 e. The lowest BCUT2D eigenvalue weighted by molar-refractivity contribution is 0.0617. The molecule has 0 bridgehead atoms. The molecule has 0 saturated heterocycles. The molecule has 0 aromatic rings. The van der Waals surface area contributed by atoms with Gasteiger partial charge in [0.1, 0.15) is 10.1 Å². The molecule has 0 aliphatic heterocycles. The number of aliphatic hydroxyl groups is 3. The van der Waals surface area contributed by atoms with Crippen LogP contribution >= 0.6 is 0 Å². The smallest absolute Gasteiger partial charge is 0.156 e. The fourth-order valence-electron chi connectivity index (χ4n) is 1.73. The minimum atomic E-state index is -4.79. The molecular formula is C10H22NO6S-. The van der Waals surface area contributed by atoms with Gasteiger partial charge in [0.15, 0.2) is 5.44 Å². The lowest BCUT2D eigenvalue weighted by atomic mass is 10.0. The van der Waals surface area contributed by atoms with Gasteiger partial charge >= 0.3 is 0 Å². The Labute approximate surface area is 108 Å². The van der Waals surface area contributed by atoms with E-state index in [1.807, 2.05) is 13.8 Å². The summed E-state index contributed by atoms with van der Waals surface area (Å²) < 4.78 is 31.9. The molecule has 0 aromatic carbocycles. The van der Waals surface area contributed by atoms with E-state index in [1.165, 1.54) is 4.90 Å². The van der Waals surface area contributed by atoms with Gasteiger partial charge in [0.25, 0.3) is 0 Å². The molecule has 0 spiro atoms. The van der Waals surface area contributed by atoms with Crippen molar-refractivity contribution in [2.75, 3.05) is 26.3 Å². The summed E-state index contributed by atoms with van der Waals surface area (Å²) in [5.74, 6) is 0.254. The maximum Gasteiger partial charge on any atom is 0.156 e. The minimum Gasteiger partial charge on any atom is -0.746 e. The predicted molar refractivity (Wildman–Crippen MR) is 64.7 cm³/mol. The van der Waals surface area contributed by atoms with Crippen molar-refractivity contribution >= 4 is 10.1 Å². The highest BCUT2D eigenvalue weighted by Crippen LogP contribution is 2.12. The van der Waals surface area contributed by atoms with Crippen molar-refractivity contribution in [1.29, 1.82) is 0 Å². The molecule has 0 aromatic heterocycles. The van der Waals surface area contributed by atoms with Crippen molar-refractivity contribution in [3.8, 4) is 0 Å². The quantitative estimate of drug-likeness (QED) is 0.443. The van der Waals surface area contributed by atoms with Gasteiger partial charge in [-0.05, 0) is 12.3 Å². The second kappa shape index (κ2) is 8.03. The topological polar surface area (TPSA) is 121 Å². The van der Waals surface area contributed by atoms with Gasteiger partial charge in [-0.25, -0.2) is 8.42 Å². The van der Waals surface area contributed by atoms with E-state index in [4.69, 9.17) is 5.11 Å². The molecule has 18 heavy (non-hydrogen) atoms. The van der Waals surface area contributed by atoms with Gasteiger partial charge in [-0.3, -0.25) is 4.90 Å². The maximum atomic E-state index is 10.6. The Bertz CT molecular complexity index is 318. The van der Waals surface area contributed by atoms with Gasteiger partial charge in [-0.2, -0.15) is 0 Å². The first-order valence-electron chi connectivity index (χ1n) is 5.80. The third kappa shape index (κ3) is 6.62. The summed E-state index contributed by atoms with van der Waals surface area (Å²) in [4.78, 5) is 1.42. The van der Waals surface area contributed by atoms with Crippen molar-refractivity contribution in [3.05, 3.63) is 0 Å². The second-order valence-electron chi connectivity index (χ2n) is 4.63. The van der Waals surface area contributed by atoms with E-state index < -0.39 is 28.1 Å². The Morgan fingerprint density at radius 2 is 1.83 bits per heavy atom. The zero-order valence-electron chi connectivity index (χ0n) is 10.7. The number of nitrogens with zero attached hydrogens (tertiary/aromatic N) is 1. The number of hydrogen-bond donors (Lipinski definition) is 3. The fourth-order valence-corrected chi connectivity index (χ4v) is 2.10. The predicted octanol–water partition coefficient (Wildman–Crippen LogP) is -1.45. The average Bonchev–Trinajstić information content (AvgIpc) is 2.23. The molecule has 8 heteroatoms. The van der Waals surface area contributed by atoms with Gasteiger partial charge in [0, 0.05) is 19.1 Å². The lowest BCUT2D eigenvalue weighted by Gasteiger charge is -2.33. The molecule has 0 aliphatic rings. The Balaban J connectivity index is 4.71. The van der Waals surface area contributed by atoms with E-state index in [0.29, 0.717) is 6.42 Å². The van der Waals surface area contributed by atoms with Crippen LogP contribution in [0.3, 0.4) is 0 Å². The van der Waals surface area contributed by atoms with Crippen molar-refractivity contribution in [1.82, 2.24) is 4.90 Å². The van der Waals surface area contributed by atoms with Crippen LogP contribution in [0.15, 0.2) is 0 Å². The third-order valence-electron chi connectivity index (χ3n) is 2.58. The standard InChI is InChI=1S/C10H23NO6S/c1-8(2)5-9(7-13)11(3-4-12)6-10(14)18(15,16)17/h8-10,12-14H,3-7H2,1-2H3,(H,15,16,17)/p-1. The summed E-state index contributed by atoms with van der Waals surface area (Å²) >= 11 is 0. The first-order valence-corrected chi connectivity index (χ1v) is 7.28. The van der Waals surface area contributed by atoms with E-state index in [-0.39, 0.29) is 25.7 Å². The molecule has 0 heterocycles. The van der Waals surface area contributed by atoms with Crippen molar-refractivity contribution in [3.63, 3.8) is 0 Å². The van der Waals surface area contributed by atoms with Gasteiger partial charge < -0.3 is 19.9 Å². The van der Waals surface area contributed by atoms with Crippen LogP contribution in [-0.4, -0.2) is 71.0 Å². The summed E-state index contributed by atoms with van der Waals surface area (Å²) in [5.41, 5.74) is -2.05. The normalized spacial score (nSPS) is 16.2. The van der Waals surface area contributed by atoms with E-state index in [2.05, 4.69) is 0 Å². The summed E-state index contributed by atoms with van der Waals surface area (Å²) in [6.45, 7) is 3.06. The summed E-state index contributed by atoms with van der Waals surface area (Å²) in [6, 6.07) is -0.395. The molecule has 0 amide bonds. The van der Waals surface area contributed by atoms with E-state index in [0.717, 1.165) is 0 Å². The Kier molecular flexibility index (Phi) is 7.92. The first-order chi connectivity index (χ1) is 8.22. The Morgan fingerprint density at radius 3 is 2.17 bits per heavy atom. The molecule has 110 valence electrons. The van der Waals surface area contributed by atoms with Crippen molar-refractivity contribution in [2.45, 2.75) is 31.7 Å². The molecule has 7 nitrogen and oxygen atoms in total. The van der Waals surface area contributed by atoms with Crippen LogP contribution in [0.1, 0.15) is 20.3 Å². The first kappa shape index (κ1) is 17.8. The van der Waals surface area contributed by atoms with Crippen LogP contribution in [0.25, 0.3) is 0 Å².